The number of methoxy groups -OCH3 is 1. The van der Waals surface area contributed by atoms with E-state index < -0.39 is 6.10 Å². The van der Waals surface area contributed by atoms with Gasteiger partial charge in [0.2, 0.25) is 0 Å². The fourth-order valence-electron chi connectivity index (χ4n) is 5.28. The third kappa shape index (κ3) is 3.62. The Hall–Kier alpha value is -2.76. The van der Waals surface area contributed by atoms with Crippen LogP contribution in [-0.2, 0) is 0 Å². The summed E-state index contributed by atoms with van der Waals surface area (Å²) in [7, 11) is 1.64. The van der Waals surface area contributed by atoms with Gasteiger partial charge in [0.25, 0.3) is 0 Å². The van der Waals surface area contributed by atoms with Gasteiger partial charge in [0.15, 0.2) is 0 Å². The van der Waals surface area contributed by atoms with E-state index in [0.29, 0.717) is 11.8 Å². The van der Waals surface area contributed by atoms with E-state index in [1.807, 2.05) is 24.3 Å². The molecule has 31 heavy (non-hydrogen) atoms. The number of hydrogen-bond acceptors (Lipinski definition) is 4. The minimum Gasteiger partial charge on any atom is -0.497 e. The van der Waals surface area contributed by atoms with Gasteiger partial charge in [-0.1, -0.05) is 6.08 Å². The van der Waals surface area contributed by atoms with Gasteiger partial charge >= 0.3 is 0 Å². The molecule has 5 heteroatoms. The van der Waals surface area contributed by atoms with Gasteiger partial charge in [-0.15, -0.1) is 6.58 Å². The van der Waals surface area contributed by atoms with Crippen molar-refractivity contribution in [3.05, 3.63) is 72.6 Å². The predicted molar refractivity (Wildman–Crippen MR) is 120 cm³/mol. The van der Waals surface area contributed by atoms with Crippen molar-refractivity contribution in [1.82, 2.24) is 9.88 Å². The summed E-state index contributed by atoms with van der Waals surface area (Å²) >= 11 is 0. The highest BCUT2D eigenvalue weighted by Gasteiger charge is 2.42. The predicted octanol–water partition coefficient (Wildman–Crippen LogP) is 4.98. The molecule has 0 radical (unpaired) electrons. The molecule has 0 saturated carbocycles. The SMILES string of the molecule is C=C[C@H]1CN2CC[C@H]1C[C@@H]2[C@H](O)c1cc(-c2ccc(F)cc2)nc2ccc(OC)cc12. The third-order valence-corrected chi connectivity index (χ3v) is 7.02. The monoisotopic (exact) mass is 418 g/mol. The molecular formula is C26H27FN2O2. The second kappa shape index (κ2) is 8.06. The van der Waals surface area contributed by atoms with Crippen LogP contribution in [0, 0.1) is 17.7 Å². The molecule has 6 rings (SSSR count). The van der Waals surface area contributed by atoms with Gasteiger partial charge in [0.1, 0.15) is 11.6 Å². The fraction of sp³-hybridized carbons (Fsp3) is 0.346. The first kappa shape index (κ1) is 20.2. The zero-order chi connectivity index (χ0) is 21.5. The Morgan fingerprint density at radius 1 is 1.23 bits per heavy atom. The second-order valence-electron chi connectivity index (χ2n) is 8.68. The van der Waals surface area contributed by atoms with E-state index in [9.17, 15) is 9.50 Å². The van der Waals surface area contributed by atoms with E-state index in [-0.39, 0.29) is 11.9 Å². The number of halogens is 1. The summed E-state index contributed by atoms with van der Waals surface area (Å²) < 4.78 is 18.9. The molecule has 2 bridgehead atoms. The highest BCUT2D eigenvalue weighted by molar-refractivity contribution is 5.87. The lowest BCUT2D eigenvalue weighted by atomic mass is 9.73. The Bertz CT molecular complexity index is 1110. The molecule has 2 aromatic carbocycles. The zero-order valence-electron chi connectivity index (χ0n) is 17.7. The van der Waals surface area contributed by atoms with E-state index >= 15 is 0 Å². The van der Waals surface area contributed by atoms with E-state index in [1.165, 1.54) is 12.1 Å². The van der Waals surface area contributed by atoms with Crippen LogP contribution in [0.4, 0.5) is 4.39 Å². The fourth-order valence-corrected chi connectivity index (χ4v) is 5.28. The van der Waals surface area contributed by atoms with Gasteiger partial charge < -0.3 is 9.84 Å². The first-order valence-electron chi connectivity index (χ1n) is 10.9. The molecule has 3 fully saturated rings. The van der Waals surface area contributed by atoms with E-state index in [2.05, 4.69) is 17.6 Å². The molecule has 3 aliphatic heterocycles. The van der Waals surface area contributed by atoms with Gasteiger partial charge in [-0.2, -0.15) is 0 Å². The topological polar surface area (TPSA) is 45.6 Å². The van der Waals surface area contributed by atoms with Crippen LogP contribution >= 0.6 is 0 Å². The summed E-state index contributed by atoms with van der Waals surface area (Å²) in [5.74, 6) is 1.52. The Morgan fingerprint density at radius 3 is 2.71 bits per heavy atom. The average Bonchev–Trinajstić information content (AvgIpc) is 2.83. The lowest BCUT2D eigenvalue weighted by Gasteiger charge is -2.50. The Labute approximate surface area is 182 Å². The zero-order valence-corrected chi connectivity index (χ0v) is 17.7. The molecule has 3 aliphatic rings. The Balaban J connectivity index is 1.60. The summed E-state index contributed by atoms with van der Waals surface area (Å²) in [6, 6.07) is 14.1. The highest BCUT2D eigenvalue weighted by atomic mass is 19.1. The molecule has 4 nitrogen and oxygen atoms in total. The number of rotatable bonds is 5. The van der Waals surface area contributed by atoms with Crippen LogP contribution in [0.5, 0.6) is 5.75 Å². The standard InChI is InChI=1S/C26H27FN2O2/c1-3-16-15-29-11-10-18(16)12-25(29)26(30)22-14-24(17-4-6-19(27)7-5-17)28-23-9-8-20(31-2)13-21(22)23/h3-9,13-14,16,18,25-26,30H,1,10-12,15H2,2H3/t16-,18-,25+,26+/m0/s1. The van der Waals surface area contributed by atoms with E-state index in [0.717, 1.165) is 59.4 Å². The molecule has 0 aliphatic carbocycles. The summed E-state index contributed by atoms with van der Waals surface area (Å²) in [5.41, 5.74) is 3.18. The summed E-state index contributed by atoms with van der Waals surface area (Å²) in [6.07, 6.45) is 3.53. The number of pyridine rings is 1. The van der Waals surface area contributed by atoms with Crippen LogP contribution in [-0.4, -0.2) is 41.2 Å². The average molecular weight is 419 g/mol. The van der Waals surface area contributed by atoms with E-state index in [1.54, 1.807) is 19.2 Å². The number of ether oxygens (including phenoxy) is 1. The van der Waals surface area contributed by atoms with Crippen LogP contribution in [0.3, 0.4) is 0 Å². The van der Waals surface area contributed by atoms with Gasteiger partial charge in [0.05, 0.1) is 24.4 Å². The smallest absolute Gasteiger partial charge is 0.123 e. The maximum atomic E-state index is 13.4. The van der Waals surface area contributed by atoms with Gasteiger partial charge in [0, 0.05) is 23.5 Å². The van der Waals surface area contributed by atoms with Crippen molar-refractivity contribution < 1.29 is 14.2 Å². The van der Waals surface area contributed by atoms with Crippen LogP contribution in [0.25, 0.3) is 22.2 Å². The Morgan fingerprint density at radius 2 is 2.03 bits per heavy atom. The number of nitrogens with zero attached hydrogens (tertiary/aromatic N) is 2. The molecule has 0 amide bonds. The summed E-state index contributed by atoms with van der Waals surface area (Å²) in [4.78, 5) is 7.20. The maximum Gasteiger partial charge on any atom is 0.123 e. The van der Waals surface area contributed by atoms with Crippen molar-refractivity contribution in [1.29, 1.82) is 0 Å². The van der Waals surface area contributed by atoms with E-state index in [4.69, 9.17) is 9.72 Å². The lowest BCUT2D eigenvalue weighted by Crippen LogP contribution is -2.54. The molecule has 1 unspecified atom stereocenters. The van der Waals surface area contributed by atoms with Crippen molar-refractivity contribution in [2.45, 2.75) is 25.0 Å². The number of hydrogen-bond donors (Lipinski definition) is 1. The normalized spacial score (nSPS) is 26.0. The lowest BCUT2D eigenvalue weighted by molar-refractivity contribution is -0.0444. The number of fused-ring (bicyclic) bond motifs is 4. The van der Waals surface area contributed by atoms with Crippen molar-refractivity contribution in [3.63, 3.8) is 0 Å². The van der Waals surface area contributed by atoms with Crippen LogP contribution in [0.1, 0.15) is 24.5 Å². The van der Waals surface area contributed by atoms with Crippen molar-refractivity contribution in [2.24, 2.45) is 11.8 Å². The molecular weight excluding hydrogens is 391 g/mol. The Kier molecular flexibility index (Phi) is 5.24. The minimum atomic E-state index is -0.648. The number of aromatic nitrogens is 1. The third-order valence-electron chi connectivity index (χ3n) is 7.02. The number of aliphatic hydroxyl groups excluding tert-OH is 1. The molecule has 3 saturated heterocycles. The molecule has 4 heterocycles. The summed E-state index contributed by atoms with van der Waals surface area (Å²) in [6.45, 7) is 5.96. The van der Waals surface area contributed by atoms with Gasteiger partial charge in [-0.05, 0) is 85.3 Å². The first-order valence-corrected chi connectivity index (χ1v) is 10.9. The molecule has 1 aromatic heterocycles. The van der Waals surface area contributed by atoms with Crippen LogP contribution in [0.2, 0.25) is 0 Å². The van der Waals surface area contributed by atoms with Crippen molar-refractivity contribution in [2.75, 3.05) is 20.2 Å². The quantitative estimate of drug-likeness (QED) is 0.594. The molecule has 160 valence electrons. The number of aliphatic hydroxyl groups is 1. The van der Waals surface area contributed by atoms with Crippen LogP contribution < -0.4 is 4.74 Å². The van der Waals surface area contributed by atoms with Crippen molar-refractivity contribution in [3.8, 4) is 17.0 Å². The van der Waals surface area contributed by atoms with Crippen LogP contribution in [0.15, 0.2) is 61.2 Å². The second-order valence-corrected chi connectivity index (χ2v) is 8.68. The number of benzene rings is 2. The largest absolute Gasteiger partial charge is 0.497 e. The van der Waals surface area contributed by atoms with Gasteiger partial charge in [-0.25, -0.2) is 9.37 Å². The van der Waals surface area contributed by atoms with Crippen molar-refractivity contribution >= 4 is 10.9 Å². The minimum absolute atomic E-state index is 0.0628. The summed E-state index contributed by atoms with van der Waals surface area (Å²) in [5, 5.41) is 12.5. The molecule has 5 atom stereocenters. The maximum absolute atomic E-state index is 13.4. The molecule has 1 N–H and O–H groups in total. The highest BCUT2D eigenvalue weighted by Crippen LogP contribution is 2.43. The molecule has 3 aromatic rings. The first-order chi connectivity index (χ1) is 15.1. The van der Waals surface area contributed by atoms with Gasteiger partial charge in [-0.3, -0.25) is 4.90 Å². The molecule has 0 spiro atoms. The number of piperidine rings is 3.